The number of amides is 1. The van der Waals surface area contributed by atoms with Gasteiger partial charge in [0, 0.05) is 30.8 Å². The van der Waals surface area contributed by atoms with Gasteiger partial charge in [-0.05, 0) is 42.2 Å². The Balaban J connectivity index is 1.66. The predicted octanol–water partition coefficient (Wildman–Crippen LogP) is 4.88. The standard InChI is InChI=1S/C22H22N2O3S/c1-24(15-16-9-11-20(28-3)19(13-16)26-2)22(25)17-10-12-21(23-14-17)27-18-7-5-4-6-8-18/h4-14H,15H2,1-3H3. The number of para-hydroxylation sites is 1. The molecule has 5 nitrogen and oxygen atoms in total. The fraction of sp³-hybridized carbons (Fsp3) is 0.182. The van der Waals surface area contributed by atoms with E-state index in [1.807, 2.05) is 54.8 Å². The summed E-state index contributed by atoms with van der Waals surface area (Å²) in [6.45, 7) is 0.478. The molecule has 2 aromatic carbocycles. The highest BCUT2D eigenvalue weighted by Crippen LogP contribution is 2.28. The molecule has 1 heterocycles. The minimum absolute atomic E-state index is 0.105. The van der Waals surface area contributed by atoms with Crippen molar-refractivity contribution in [1.82, 2.24) is 9.88 Å². The number of hydrogen-bond donors (Lipinski definition) is 0. The van der Waals surface area contributed by atoms with Gasteiger partial charge in [-0.3, -0.25) is 4.79 Å². The monoisotopic (exact) mass is 394 g/mol. The lowest BCUT2D eigenvalue weighted by molar-refractivity contribution is 0.0784. The van der Waals surface area contributed by atoms with Gasteiger partial charge in [0.05, 0.1) is 12.7 Å². The molecule has 0 bridgehead atoms. The van der Waals surface area contributed by atoms with Crippen LogP contribution in [-0.4, -0.2) is 36.2 Å². The number of ether oxygens (including phenoxy) is 2. The van der Waals surface area contributed by atoms with Gasteiger partial charge in [0.25, 0.3) is 5.91 Å². The predicted molar refractivity (Wildman–Crippen MR) is 111 cm³/mol. The second-order valence-corrected chi connectivity index (χ2v) is 7.00. The van der Waals surface area contributed by atoms with Gasteiger partial charge in [-0.1, -0.05) is 24.3 Å². The van der Waals surface area contributed by atoms with Crippen molar-refractivity contribution >= 4 is 17.7 Å². The summed E-state index contributed by atoms with van der Waals surface area (Å²) >= 11 is 1.63. The Morgan fingerprint density at radius 1 is 1.11 bits per heavy atom. The molecule has 3 rings (SSSR count). The van der Waals surface area contributed by atoms with Gasteiger partial charge < -0.3 is 14.4 Å². The van der Waals surface area contributed by atoms with Gasteiger partial charge in [-0.2, -0.15) is 0 Å². The highest BCUT2D eigenvalue weighted by Gasteiger charge is 2.14. The number of carbonyl (C=O) groups is 1. The number of carbonyl (C=O) groups excluding carboxylic acids is 1. The van der Waals surface area contributed by atoms with E-state index >= 15 is 0 Å². The van der Waals surface area contributed by atoms with Crippen LogP contribution in [0.5, 0.6) is 17.4 Å². The third-order valence-electron chi connectivity index (χ3n) is 4.16. The van der Waals surface area contributed by atoms with Gasteiger partial charge in [0.1, 0.15) is 11.5 Å². The summed E-state index contributed by atoms with van der Waals surface area (Å²) in [5, 5.41) is 0. The fourth-order valence-corrected chi connectivity index (χ4v) is 3.27. The van der Waals surface area contributed by atoms with Crippen molar-refractivity contribution < 1.29 is 14.3 Å². The molecule has 0 aliphatic rings. The second-order valence-electron chi connectivity index (χ2n) is 6.15. The van der Waals surface area contributed by atoms with Crippen molar-refractivity contribution in [3.63, 3.8) is 0 Å². The average Bonchev–Trinajstić information content (AvgIpc) is 2.74. The third kappa shape index (κ3) is 4.84. The van der Waals surface area contributed by atoms with Crippen LogP contribution in [0.25, 0.3) is 0 Å². The summed E-state index contributed by atoms with van der Waals surface area (Å²) in [6.07, 6.45) is 3.54. The van der Waals surface area contributed by atoms with E-state index in [1.165, 1.54) is 6.20 Å². The largest absolute Gasteiger partial charge is 0.496 e. The lowest BCUT2D eigenvalue weighted by Crippen LogP contribution is -2.26. The van der Waals surface area contributed by atoms with Gasteiger partial charge in [0.15, 0.2) is 0 Å². The van der Waals surface area contributed by atoms with Crippen molar-refractivity contribution in [2.45, 2.75) is 11.4 Å². The molecule has 1 aromatic heterocycles. The molecule has 0 fully saturated rings. The van der Waals surface area contributed by atoms with Crippen molar-refractivity contribution in [3.05, 3.63) is 78.0 Å². The van der Waals surface area contributed by atoms with Crippen LogP contribution in [0, 0.1) is 0 Å². The first-order valence-electron chi connectivity index (χ1n) is 8.76. The topological polar surface area (TPSA) is 51.7 Å². The van der Waals surface area contributed by atoms with Crippen molar-refractivity contribution in [2.24, 2.45) is 0 Å². The van der Waals surface area contributed by atoms with Crippen molar-refractivity contribution in [2.75, 3.05) is 20.4 Å². The lowest BCUT2D eigenvalue weighted by Gasteiger charge is -2.18. The SMILES string of the molecule is COc1cc(CN(C)C(=O)c2ccc(Oc3ccccc3)nc2)ccc1SC. The number of benzene rings is 2. The first kappa shape index (κ1) is 19.8. The van der Waals surface area contributed by atoms with E-state index in [0.29, 0.717) is 23.7 Å². The Kier molecular flexibility index (Phi) is 6.55. The van der Waals surface area contributed by atoms with E-state index in [-0.39, 0.29) is 5.91 Å². The van der Waals surface area contributed by atoms with Gasteiger partial charge in [-0.15, -0.1) is 11.8 Å². The molecular weight excluding hydrogens is 372 g/mol. The molecule has 0 aliphatic heterocycles. The molecule has 0 atom stereocenters. The smallest absolute Gasteiger partial charge is 0.255 e. The van der Waals surface area contributed by atoms with Gasteiger partial charge in [-0.25, -0.2) is 4.98 Å². The number of pyridine rings is 1. The summed E-state index contributed by atoms with van der Waals surface area (Å²) in [5.74, 6) is 1.86. The van der Waals surface area contributed by atoms with Crippen LogP contribution in [-0.2, 0) is 6.54 Å². The molecule has 0 unspecified atom stereocenters. The molecule has 0 spiro atoms. The highest BCUT2D eigenvalue weighted by molar-refractivity contribution is 7.98. The molecule has 0 saturated carbocycles. The molecule has 0 N–H and O–H groups in total. The fourth-order valence-electron chi connectivity index (χ4n) is 2.72. The molecule has 144 valence electrons. The first-order valence-corrected chi connectivity index (χ1v) is 9.98. The van der Waals surface area contributed by atoms with Crippen LogP contribution in [0.1, 0.15) is 15.9 Å². The molecular formula is C22H22N2O3S. The third-order valence-corrected chi connectivity index (χ3v) is 4.94. The van der Waals surface area contributed by atoms with Crippen LogP contribution in [0.4, 0.5) is 0 Å². The Morgan fingerprint density at radius 3 is 2.54 bits per heavy atom. The lowest BCUT2D eigenvalue weighted by atomic mass is 10.2. The maximum Gasteiger partial charge on any atom is 0.255 e. The number of methoxy groups -OCH3 is 1. The molecule has 0 aliphatic carbocycles. The summed E-state index contributed by atoms with van der Waals surface area (Å²) in [4.78, 5) is 19.7. The Bertz CT molecular complexity index is 930. The summed E-state index contributed by atoms with van der Waals surface area (Å²) in [7, 11) is 3.42. The molecule has 6 heteroatoms. The number of thioether (sulfide) groups is 1. The second kappa shape index (κ2) is 9.28. The van der Waals surface area contributed by atoms with Crippen LogP contribution in [0.2, 0.25) is 0 Å². The zero-order chi connectivity index (χ0) is 19.9. The number of aromatic nitrogens is 1. The molecule has 0 radical (unpaired) electrons. The molecule has 3 aromatic rings. The quantitative estimate of drug-likeness (QED) is 0.535. The van der Waals surface area contributed by atoms with E-state index in [1.54, 1.807) is 43.0 Å². The van der Waals surface area contributed by atoms with Crippen molar-refractivity contribution in [1.29, 1.82) is 0 Å². The summed E-state index contributed by atoms with van der Waals surface area (Å²) in [6, 6.07) is 18.8. The van der Waals surface area contributed by atoms with E-state index in [0.717, 1.165) is 16.2 Å². The Hall–Kier alpha value is -2.99. The molecule has 28 heavy (non-hydrogen) atoms. The number of nitrogens with zero attached hydrogens (tertiary/aromatic N) is 2. The molecule has 0 saturated heterocycles. The van der Waals surface area contributed by atoms with E-state index in [2.05, 4.69) is 4.98 Å². The van der Waals surface area contributed by atoms with E-state index in [9.17, 15) is 4.79 Å². The van der Waals surface area contributed by atoms with Crippen LogP contribution in [0.15, 0.2) is 71.8 Å². The van der Waals surface area contributed by atoms with Crippen molar-refractivity contribution in [3.8, 4) is 17.4 Å². The van der Waals surface area contributed by atoms with Gasteiger partial charge in [0.2, 0.25) is 5.88 Å². The zero-order valence-corrected chi connectivity index (χ0v) is 16.9. The normalized spacial score (nSPS) is 10.4. The van der Waals surface area contributed by atoms with E-state index in [4.69, 9.17) is 9.47 Å². The maximum atomic E-state index is 12.7. The zero-order valence-electron chi connectivity index (χ0n) is 16.1. The van der Waals surface area contributed by atoms with Crippen LogP contribution in [0.3, 0.4) is 0 Å². The number of hydrogen-bond acceptors (Lipinski definition) is 5. The summed E-state index contributed by atoms with van der Waals surface area (Å²) < 4.78 is 11.1. The van der Waals surface area contributed by atoms with E-state index < -0.39 is 0 Å². The van der Waals surface area contributed by atoms with Crippen LogP contribution >= 0.6 is 11.8 Å². The van der Waals surface area contributed by atoms with Gasteiger partial charge >= 0.3 is 0 Å². The minimum atomic E-state index is -0.105. The minimum Gasteiger partial charge on any atom is -0.496 e. The Labute approximate surface area is 169 Å². The maximum absolute atomic E-state index is 12.7. The van der Waals surface area contributed by atoms with Crippen LogP contribution < -0.4 is 9.47 Å². The summed E-state index contributed by atoms with van der Waals surface area (Å²) in [5.41, 5.74) is 1.51. The number of rotatable bonds is 7. The average molecular weight is 394 g/mol. The first-order chi connectivity index (χ1) is 13.6. The highest BCUT2D eigenvalue weighted by atomic mass is 32.2. The Morgan fingerprint density at radius 2 is 1.89 bits per heavy atom. The molecule has 1 amide bonds.